The first kappa shape index (κ1) is 16.2. The molecule has 0 radical (unpaired) electrons. The quantitative estimate of drug-likeness (QED) is 0.581. The van der Waals surface area contributed by atoms with Crippen molar-refractivity contribution in [3.8, 4) is 0 Å². The van der Waals surface area contributed by atoms with Gasteiger partial charge in [0.1, 0.15) is 15.7 Å². The van der Waals surface area contributed by atoms with E-state index in [0.717, 1.165) is 6.08 Å². The van der Waals surface area contributed by atoms with Crippen LogP contribution in [0.3, 0.4) is 0 Å². The van der Waals surface area contributed by atoms with Gasteiger partial charge in [-0.05, 0) is 57.5 Å². The molecule has 0 aromatic carbocycles. The molecule has 0 spiro atoms. The van der Waals surface area contributed by atoms with E-state index >= 15 is 0 Å². The van der Waals surface area contributed by atoms with Crippen LogP contribution in [-0.4, -0.2) is 23.1 Å². The Morgan fingerprint density at radius 2 is 1.35 bits per heavy atom. The molecular formula is C12H19BrO4. The van der Waals surface area contributed by atoms with E-state index < -0.39 is 23.1 Å². The third kappa shape index (κ3) is 8.92. The van der Waals surface area contributed by atoms with Crippen molar-refractivity contribution in [1.29, 1.82) is 0 Å². The fourth-order valence-corrected chi connectivity index (χ4v) is 1.09. The van der Waals surface area contributed by atoms with Crippen LogP contribution in [0.1, 0.15) is 41.5 Å². The molecule has 0 aliphatic rings. The summed E-state index contributed by atoms with van der Waals surface area (Å²) in [6.07, 6.45) is 1.07. The Balaban J connectivity index is 4.55. The number of carbonyl (C=O) groups is 2. The zero-order chi connectivity index (χ0) is 13.9. The molecule has 0 bridgehead atoms. The van der Waals surface area contributed by atoms with Gasteiger partial charge in [-0.25, -0.2) is 9.59 Å². The summed E-state index contributed by atoms with van der Waals surface area (Å²) in [7, 11) is 0. The van der Waals surface area contributed by atoms with Crippen LogP contribution in [0, 0.1) is 0 Å². The minimum Gasteiger partial charge on any atom is -0.457 e. The number of carbonyl (C=O) groups excluding carboxylic acids is 2. The molecule has 5 heteroatoms. The van der Waals surface area contributed by atoms with Gasteiger partial charge in [0.05, 0.1) is 0 Å². The Labute approximate surface area is 110 Å². The molecule has 0 saturated carbocycles. The van der Waals surface area contributed by atoms with Crippen molar-refractivity contribution >= 4 is 27.9 Å². The lowest BCUT2D eigenvalue weighted by Gasteiger charge is -2.20. The fraction of sp³-hybridized carbons (Fsp3) is 0.667. The Hall–Kier alpha value is -0.840. The molecule has 0 N–H and O–H groups in total. The summed E-state index contributed by atoms with van der Waals surface area (Å²) in [5.41, 5.74) is -1.19. The third-order valence-electron chi connectivity index (χ3n) is 1.25. The van der Waals surface area contributed by atoms with Crippen molar-refractivity contribution < 1.29 is 19.1 Å². The second-order valence-corrected chi connectivity index (χ2v) is 6.38. The first-order valence-corrected chi connectivity index (χ1v) is 6.03. The number of hydrogen-bond donors (Lipinski definition) is 0. The molecule has 0 atom stereocenters. The Morgan fingerprint density at radius 1 is 0.941 bits per heavy atom. The van der Waals surface area contributed by atoms with Crippen molar-refractivity contribution in [1.82, 2.24) is 0 Å². The molecule has 0 fully saturated rings. The molecule has 0 aliphatic heterocycles. The van der Waals surface area contributed by atoms with Crippen LogP contribution in [0.5, 0.6) is 0 Å². The summed E-state index contributed by atoms with van der Waals surface area (Å²) >= 11 is 2.99. The monoisotopic (exact) mass is 306 g/mol. The highest BCUT2D eigenvalue weighted by molar-refractivity contribution is 9.12. The number of rotatable bonds is 2. The van der Waals surface area contributed by atoms with Crippen LogP contribution in [0.2, 0.25) is 0 Å². The maximum atomic E-state index is 11.5. The van der Waals surface area contributed by atoms with Crippen molar-refractivity contribution in [2.24, 2.45) is 0 Å². The smallest absolute Gasteiger partial charge is 0.346 e. The molecule has 0 heterocycles. The van der Waals surface area contributed by atoms with Crippen molar-refractivity contribution in [3.05, 3.63) is 10.6 Å². The molecule has 0 aromatic rings. The molecule has 0 unspecified atom stereocenters. The van der Waals surface area contributed by atoms with E-state index in [4.69, 9.17) is 9.47 Å². The van der Waals surface area contributed by atoms with Crippen molar-refractivity contribution in [3.63, 3.8) is 0 Å². The molecule has 0 amide bonds. The molecule has 0 aromatic heterocycles. The first-order valence-electron chi connectivity index (χ1n) is 5.24. The summed E-state index contributed by atoms with van der Waals surface area (Å²) in [5, 5.41) is 0. The van der Waals surface area contributed by atoms with Gasteiger partial charge >= 0.3 is 11.9 Å². The average molecular weight is 307 g/mol. The molecule has 0 saturated heterocycles. The highest BCUT2D eigenvalue weighted by Crippen LogP contribution is 2.16. The summed E-state index contributed by atoms with van der Waals surface area (Å²) in [6, 6.07) is 0. The summed E-state index contributed by atoms with van der Waals surface area (Å²) in [4.78, 5) is 22.9. The lowest BCUT2D eigenvalue weighted by Crippen LogP contribution is -2.25. The van der Waals surface area contributed by atoms with E-state index in [2.05, 4.69) is 15.9 Å². The van der Waals surface area contributed by atoms with E-state index in [1.807, 2.05) is 0 Å². The number of hydrogen-bond acceptors (Lipinski definition) is 4. The van der Waals surface area contributed by atoms with Crippen LogP contribution >= 0.6 is 15.9 Å². The standard InChI is InChI=1S/C12H19BrO4/c1-11(2,3)16-9(14)7-8(13)10(15)17-12(4,5)6/h7H,1-6H3. The van der Waals surface area contributed by atoms with Gasteiger partial charge in [0.2, 0.25) is 0 Å². The topological polar surface area (TPSA) is 52.6 Å². The van der Waals surface area contributed by atoms with Gasteiger partial charge in [0.25, 0.3) is 0 Å². The maximum Gasteiger partial charge on any atom is 0.346 e. The maximum absolute atomic E-state index is 11.5. The van der Waals surface area contributed by atoms with Gasteiger partial charge < -0.3 is 9.47 Å². The Bertz CT molecular complexity index is 331. The van der Waals surface area contributed by atoms with Crippen LogP contribution in [0.4, 0.5) is 0 Å². The largest absolute Gasteiger partial charge is 0.457 e. The van der Waals surface area contributed by atoms with Crippen molar-refractivity contribution in [2.75, 3.05) is 0 Å². The zero-order valence-corrected chi connectivity index (χ0v) is 12.7. The molecule has 17 heavy (non-hydrogen) atoms. The van der Waals surface area contributed by atoms with Crippen LogP contribution in [-0.2, 0) is 19.1 Å². The van der Waals surface area contributed by atoms with Gasteiger partial charge in [-0.3, -0.25) is 0 Å². The number of ether oxygens (including phenoxy) is 2. The predicted molar refractivity (Wildman–Crippen MR) is 68.7 cm³/mol. The van der Waals surface area contributed by atoms with Gasteiger partial charge in [-0.15, -0.1) is 0 Å². The SMILES string of the molecule is CC(C)(C)OC(=O)C=C(Br)C(=O)OC(C)(C)C. The molecule has 98 valence electrons. The Morgan fingerprint density at radius 3 is 1.71 bits per heavy atom. The molecular weight excluding hydrogens is 288 g/mol. The van der Waals surface area contributed by atoms with E-state index in [1.54, 1.807) is 41.5 Å². The summed E-state index contributed by atoms with van der Waals surface area (Å²) < 4.78 is 10.1. The van der Waals surface area contributed by atoms with Gasteiger partial charge in [-0.1, -0.05) is 0 Å². The zero-order valence-electron chi connectivity index (χ0n) is 11.1. The highest BCUT2D eigenvalue weighted by Gasteiger charge is 2.21. The van der Waals surface area contributed by atoms with E-state index in [-0.39, 0.29) is 4.48 Å². The normalized spacial score (nSPS) is 13.2. The van der Waals surface area contributed by atoms with Gasteiger partial charge in [-0.2, -0.15) is 0 Å². The lowest BCUT2D eigenvalue weighted by atomic mass is 10.2. The van der Waals surface area contributed by atoms with Gasteiger partial charge in [0, 0.05) is 6.08 Å². The Kier molecular flexibility index (Phi) is 5.39. The molecule has 4 nitrogen and oxygen atoms in total. The number of esters is 2. The van der Waals surface area contributed by atoms with Gasteiger partial charge in [0.15, 0.2) is 0 Å². The second-order valence-electron chi connectivity index (χ2n) is 5.53. The average Bonchev–Trinajstić information content (AvgIpc) is 1.95. The first-order chi connectivity index (χ1) is 7.41. The molecule has 0 aliphatic carbocycles. The fourth-order valence-electron chi connectivity index (χ4n) is 0.820. The van der Waals surface area contributed by atoms with Crippen LogP contribution in [0.15, 0.2) is 10.6 Å². The van der Waals surface area contributed by atoms with Crippen molar-refractivity contribution in [2.45, 2.75) is 52.7 Å². The van der Waals surface area contributed by atoms with Crippen LogP contribution < -0.4 is 0 Å². The van der Waals surface area contributed by atoms with E-state index in [0.29, 0.717) is 0 Å². The highest BCUT2D eigenvalue weighted by atomic mass is 79.9. The predicted octanol–water partition coefficient (Wildman–Crippen LogP) is 2.95. The minimum absolute atomic E-state index is 0.0432. The third-order valence-corrected chi connectivity index (χ3v) is 1.80. The summed E-state index contributed by atoms with van der Waals surface area (Å²) in [6.45, 7) is 10.5. The van der Waals surface area contributed by atoms with Crippen LogP contribution in [0.25, 0.3) is 0 Å². The minimum atomic E-state index is -0.599. The second kappa shape index (κ2) is 5.67. The lowest BCUT2D eigenvalue weighted by molar-refractivity contribution is -0.151. The molecule has 0 rings (SSSR count). The van der Waals surface area contributed by atoms with E-state index in [9.17, 15) is 9.59 Å². The van der Waals surface area contributed by atoms with E-state index in [1.165, 1.54) is 0 Å². The number of halogens is 1. The summed E-state index contributed by atoms with van der Waals surface area (Å²) in [5.74, 6) is -1.18.